The van der Waals surface area contributed by atoms with E-state index in [-0.39, 0.29) is 12.6 Å². The van der Waals surface area contributed by atoms with E-state index in [9.17, 15) is 4.79 Å². The molecular formula is C16H22O3. The summed E-state index contributed by atoms with van der Waals surface area (Å²) < 4.78 is 10.7. The van der Waals surface area contributed by atoms with Crippen molar-refractivity contribution >= 4 is 5.78 Å². The third-order valence-corrected chi connectivity index (χ3v) is 2.56. The number of ketones is 1. The molecule has 104 valence electrons. The first kappa shape index (κ1) is 15.6. The standard InChI is InChI=1S/C16H22O3/c1-13(2)9-10-16(17)14(3)19-12-18-11-15-7-5-4-6-8-15/h4-10,13-14H,11-12H2,1-3H3/b10-9+/t14-/m1/s1. The summed E-state index contributed by atoms with van der Waals surface area (Å²) in [5.41, 5.74) is 1.09. The largest absolute Gasteiger partial charge is 0.351 e. The molecule has 1 atom stereocenters. The van der Waals surface area contributed by atoms with Crippen molar-refractivity contribution in [1.29, 1.82) is 0 Å². The van der Waals surface area contributed by atoms with Crippen molar-refractivity contribution < 1.29 is 14.3 Å². The van der Waals surface area contributed by atoms with E-state index >= 15 is 0 Å². The van der Waals surface area contributed by atoms with Gasteiger partial charge in [-0.3, -0.25) is 4.79 Å². The van der Waals surface area contributed by atoms with Gasteiger partial charge in [-0.05, 0) is 24.5 Å². The van der Waals surface area contributed by atoms with E-state index in [0.717, 1.165) is 5.56 Å². The van der Waals surface area contributed by atoms with Crippen LogP contribution in [0.5, 0.6) is 0 Å². The molecule has 3 heteroatoms. The van der Waals surface area contributed by atoms with Gasteiger partial charge in [0, 0.05) is 0 Å². The fourth-order valence-electron chi connectivity index (χ4n) is 1.39. The van der Waals surface area contributed by atoms with Crippen molar-refractivity contribution in [2.75, 3.05) is 6.79 Å². The summed E-state index contributed by atoms with van der Waals surface area (Å²) in [7, 11) is 0. The number of benzene rings is 1. The van der Waals surface area contributed by atoms with Crippen LogP contribution >= 0.6 is 0 Å². The first-order valence-corrected chi connectivity index (χ1v) is 6.55. The van der Waals surface area contributed by atoms with Gasteiger partial charge in [-0.25, -0.2) is 0 Å². The first-order chi connectivity index (χ1) is 9.09. The normalized spacial score (nSPS) is 13.1. The molecule has 0 aromatic heterocycles. The van der Waals surface area contributed by atoms with Crippen molar-refractivity contribution in [2.24, 2.45) is 5.92 Å². The predicted octanol–water partition coefficient (Wildman–Crippen LogP) is 3.35. The molecule has 0 N–H and O–H groups in total. The van der Waals surface area contributed by atoms with Crippen LogP contribution in [0.4, 0.5) is 0 Å². The molecule has 0 saturated heterocycles. The minimum absolute atomic E-state index is 0.0305. The lowest BCUT2D eigenvalue weighted by molar-refractivity contribution is -0.136. The van der Waals surface area contributed by atoms with Crippen molar-refractivity contribution in [1.82, 2.24) is 0 Å². The van der Waals surface area contributed by atoms with Crippen LogP contribution in [-0.2, 0) is 20.9 Å². The fourth-order valence-corrected chi connectivity index (χ4v) is 1.39. The Morgan fingerprint density at radius 2 is 1.89 bits per heavy atom. The first-order valence-electron chi connectivity index (χ1n) is 6.55. The lowest BCUT2D eigenvalue weighted by Gasteiger charge is -2.10. The van der Waals surface area contributed by atoms with Crippen LogP contribution in [0.3, 0.4) is 0 Å². The zero-order chi connectivity index (χ0) is 14.1. The highest BCUT2D eigenvalue weighted by molar-refractivity contribution is 5.93. The number of hydrogen-bond acceptors (Lipinski definition) is 3. The molecule has 0 amide bonds. The Kier molecular flexibility index (Phi) is 7.08. The molecule has 0 unspecified atom stereocenters. The second kappa shape index (κ2) is 8.62. The molecule has 0 aliphatic rings. The van der Waals surface area contributed by atoms with Crippen LogP contribution in [0.25, 0.3) is 0 Å². The topological polar surface area (TPSA) is 35.5 Å². The second-order valence-electron chi connectivity index (χ2n) is 4.77. The minimum Gasteiger partial charge on any atom is -0.351 e. The van der Waals surface area contributed by atoms with E-state index in [4.69, 9.17) is 9.47 Å². The molecule has 0 fully saturated rings. The monoisotopic (exact) mass is 262 g/mol. The van der Waals surface area contributed by atoms with Gasteiger partial charge in [-0.2, -0.15) is 0 Å². The Morgan fingerprint density at radius 3 is 2.53 bits per heavy atom. The van der Waals surface area contributed by atoms with Gasteiger partial charge in [0.05, 0.1) is 6.61 Å². The highest BCUT2D eigenvalue weighted by atomic mass is 16.7. The summed E-state index contributed by atoms with van der Waals surface area (Å²) >= 11 is 0. The van der Waals surface area contributed by atoms with E-state index in [1.54, 1.807) is 13.0 Å². The Morgan fingerprint density at radius 1 is 1.21 bits per heavy atom. The molecule has 1 aromatic rings. The van der Waals surface area contributed by atoms with E-state index in [2.05, 4.69) is 0 Å². The molecule has 0 aliphatic heterocycles. The van der Waals surface area contributed by atoms with E-state index in [0.29, 0.717) is 12.5 Å². The average Bonchev–Trinajstić information content (AvgIpc) is 2.41. The molecule has 0 heterocycles. The molecule has 1 aromatic carbocycles. The summed E-state index contributed by atoms with van der Waals surface area (Å²) in [5.74, 6) is 0.336. The van der Waals surface area contributed by atoms with Gasteiger partial charge in [0.2, 0.25) is 0 Å². The molecule has 0 bridgehead atoms. The van der Waals surface area contributed by atoms with Crippen LogP contribution in [0, 0.1) is 5.92 Å². The highest BCUT2D eigenvalue weighted by Crippen LogP contribution is 2.02. The van der Waals surface area contributed by atoms with Gasteiger partial charge >= 0.3 is 0 Å². The minimum atomic E-state index is -0.467. The zero-order valence-corrected chi connectivity index (χ0v) is 11.8. The van der Waals surface area contributed by atoms with Crippen LogP contribution < -0.4 is 0 Å². The van der Waals surface area contributed by atoms with E-state index < -0.39 is 6.10 Å². The summed E-state index contributed by atoms with van der Waals surface area (Å²) in [6, 6.07) is 9.85. The number of ether oxygens (including phenoxy) is 2. The summed E-state index contributed by atoms with van der Waals surface area (Å²) in [6.07, 6.45) is 2.98. The van der Waals surface area contributed by atoms with E-state index in [1.807, 2.05) is 50.3 Å². The van der Waals surface area contributed by atoms with Crippen LogP contribution in [-0.4, -0.2) is 18.7 Å². The average molecular weight is 262 g/mol. The Hall–Kier alpha value is -1.45. The molecule has 0 aliphatic carbocycles. The molecule has 3 nitrogen and oxygen atoms in total. The number of allylic oxidation sites excluding steroid dienone is 1. The van der Waals surface area contributed by atoms with E-state index in [1.165, 1.54) is 0 Å². The van der Waals surface area contributed by atoms with Gasteiger partial charge in [-0.15, -0.1) is 0 Å². The van der Waals surface area contributed by atoms with Gasteiger partial charge in [0.1, 0.15) is 12.9 Å². The Bertz CT molecular complexity index is 396. The SMILES string of the molecule is CC(C)/C=C/C(=O)[C@@H](C)OCOCc1ccccc1. The maximum absolute atomic E-state index is 11.6. The van der Waals surface area contributed by atoms with Crippen molar-refractivity contribution in [3.63, 3.8) is 0 Å². The summed E-state index contributed by atoms with van der Waals surface area (Å²) in [6.45, 7) is 6.40. The number of carbonyl (C=O) groups excluding carboxylic acids is 1. The predicted molar refractivity (Wildman–Crippen MR) is 75.6 cm³/mol. The quantitative estimate of drug-likeness (QED) is 0.409. The van der Waals surface area contributed by atoms with Crippen LogP contribution in [0.15, 0.2) is 42.5 Å². The van der Waals surface area contributed by atoms with Crippen molar-refractivity contribution in [3.8, 4) is 0 Å². The van der Waals surface area contributed by atoms with Crippen molar-refractivity contribution in [3.05, 3.63) is 48.0 Å². The molecule has 0 spiro atoms. The Labute approximate surface area is 115 Å². The molecule has 0 saturated carbocycles. The zero-order valence-electron chi connectivity index (χ0n) is 11.8. The van der Waals surface area contributed by atoms with Gasteiger partial charge in [-0.1, -0.05) is 50.3 Å². The number of carbonyl (C=O) groups is 1. The second-order valence-corrected chi connectivity index (χ2v) is 4.77. The van der Waals surface area contributed by atoms with Crippen LogP contribution in [0.2, 0.25) is 0 Å². The molecular weight excluding hydrogens is 240 g/mol. The van der Waals surface area contributed by atoms with Gasteiger partial charge < -0.3 is 9.47 Å². The third kappa shape index (κ3) is 6.89. The highest BCUT2D eigenvalue weighted by Gasteiger charge is 2.09. The number of rotatable bonds is 8. The van der Waals surface area contributed by atoms with Gasteiger partial charge in [0.25, 0.3) is 0 Å². The summed E-state index contributed by atoms with van der Waals surface area (Å²) in [5, 5.41) is 0. The maximum atomic E-state index is 11.6. The molecule has 0 radical (unpaired) electrons. The third-order valence-electron chi connectivity index (χ3n) is 2.56. The smallest absolute Gasteiger partial charge is 0.183 e. The maximum Gasteiger partial charge on any atom is 0.183 e. The fraction of sp³-hybridized carbons (Fsp3) is 0.438. The molecule has 19 heavy (non-hydrogen) atoms. The lowest BCUT2D eigenvalue weighted by atomic mass is 10.1. The van der Waals surface area contributed by atoms with Gasteiger partial charge in [0.15, 0.2) is 5.78 Å². The lowest BCUT2D eigenvalue weighted by Crippen LogP contribution is -2.20. The number of hydrogen-bond donors (Lipinski definition) is 0. The molecule has 1 rings (SSSR count). The van der Waals surface area contributed by atoms with Crippen molar-refractivity contribution in [2.45, 2.75) is 33.5 Å². The summed E-state index contributed by atoms with van der Waals surface area (Å²) in [4.78, 5) is 11.6. The van der Waals surface area contributed by atoms with Crippen LogP contribution in [0.1, 0.15) is 26.3 Å². The Balaban J connectivity index is 2.20.